The van der Waals surface area contributed by atoms with Crippen molar-refractivity contribution in [3.05, 3.63) is 70.3 Å². The molecule has 0 N–H and O–H groups in total. The van der Waals surface area contributed by atoms with Crippen LogP contribution in [0.2, 0.25) is 0 Å². The lowest BCUT2D eigenvalue weighted by atomic mass is 9.95. The molecule has 3 rings (SSSR count). The van der Waals surface area contributed by atoms with Gasteiger partial charge in [0.25, 0.3) is 0 Å². The van der Waals surface area contributed by atoms with Crippen LogP contribution in [0, 0.1) is 13.8 Å². The molecule has 0 saturated carbocycles. The quantitative estimate of drug-likeness (QED) is 0.774. The van der Waals surface area contributed by atoms with Crippen molar-refractivity contribution in [2.75, 3.05) is 13.1 Å². The number of benzene rings is 2. The Kier molecular flexibility index (Phi) is 4.92. The van der Waals surface area contributed by atoms with Gasteiger partial charge in [0, 0.05) is 17.7 Å². The summed E-state index contributed by atoms with van der Waals surface area (Å²) in [5.41, 5.74) is 5.08. The van der Waals surface area contributed by atoms with Crippen LogP contribution in [-0.2, 0) is 6.54 Å². The number of rotatable bonds is 4. The largest absolute Gasteiger partial charge is 0.299 e. The first kappa shape index (κ1) is 15.9. The number of aryl methyl sites for hydroxylation is 2. The predicted octanol–water partition coefficient (Wildman–Crippen LogP) is 4.52. The molecule has 0 aliphatic carbocycles. The highest BCUT2D eigenvalue weighted by Gasteiger charge is 2.17. The van der Waals surface area contributed by atoms with Gasteiger partial charge in [0.2, 0.25) is 0 Å². The second-order valence-electron chi connectivity index (χ2n) is 6.70. The first-order chi connectivity index (χ1) is 11.1. The number of piperidine rings is 1. The molecule has 120 valence electrons. The van der Waals surface area contributed by atoms with Crippen molar-refractivity contribution in [1.82, 2.24) is 4.90 Å². The molecule has 0 aromatic heterocycles. The monoisotopic (exact) mass is 307 g/mol. The summed E-state index contributed by atoms with van der Waals surface area (Å²) < 4.78 is 0. The number of carbonyl (C=O) groups excluding carboxylic acids is 1. The second kappa shape index (κ2) is 7.10. The molecule has 0 amide bonds. The van der Waals surface area contributed by atoms with E-state index >= 15 is 0 Å². The number of nitrogens with zero attached hydrogens (tertiary/aromatic N) is 1. The van der Waals surface area contributed by atoms with Gasteiger partial charge in [-0.25, -0.2) is 0 Å². The fourth-order valence-corrected chi connectivity index (χ4v) is 3.50. The van der Waals surface area contributed by atoms with Gasteiger partial charge in [-0.2, -0.15) is 0 Å². The van der Waals surface area contributed by atoms with E-state index in [0.717, 1.165) is 47.5 Å². The third-order valence-electron chi connectivity index (χ3n) is 4.59. The molecule has 0 bridgehead atoms. The van der Waals surface area contributed by atoms with Crippen molar-refractivity contribution in [3.8, 4) is 0 Å². The lowest BCUT2D eigenvalue weighted by molar-refractivity contribution is 0.103. The molecule has 1 fully saturated rings. The van der Waals surface area contributed by atoms with Crippen molar-refractivity contribution >= 4 is 5.78 Å². The second-order valence-corrected chi connectivity index (χ2v) is 6.70. The van der Waals surface area contributed by atoms with E-state index < -0.39 is 0 Å². The Balaban J connectivity index is 1.88. The normalized spacial score (nSPS) is 15.6. The maximum Gasteiger partial charge on any atom is 0.193 e. The van der Waals surface area contributed by atoms with Crippen LogP contribution in [0.5, 0.6) is 0 Å². The Morgan fingerprint density at radius 3 is 2.30 bits per heavy atom. The first-order valence-electron chi connectivity index (χ1n) is 8.57. The minimum absolute atomic E-state index is 0.143. The van der Waals surface area contributed by atoms with Gasteiger partial charge in [-0.1, -0.05) is 47.9 Å². The van der Waals surface area contributed by atoms with Crippen molar-refractivity contribution < 1.29 is 4.79 Å². The number of hydrogen-bond acceptors (Lipinski definition) is 2. The van der Waals surface area contributed by atoms with E-state index in [1.807, 2.05) is 44.2 Å². The van der Waals surface area contributed by atoms with Crippen LogP contribution in [0.4, 0.5) is 0 Å². The molecule has 2 nitrogen and oxygen atoms in total. The van der Waals surface area contributed by atoms with Crippen LogP contribution in [0.25, 0.3) is 0 Å². The minimum Gasteiger partial charge on any atom is -0.299 e. The summed E-state index contributed by atoms with van der Waals surface area (Å²) in [4.78, 5) is 15.5. The summed E-state index contributed by atoms with van der Waals surface area (Å²) in [5.74, 6) is 0.143. The summed E-state index contributed by atoms with van der Waals surface area (Å²) in [6.45, 7) is 7.26. The Hall–Kier alpha value is -1.93. The van der Waals surface area contributed by atoms with Crippen LogP contribution >= 0.6 is 0 Å². The fraction of sp³-hybridized carbons (Fsp3) is 0.381. The lowest BCUT2D eigenvalue weighted by Gasteiger charge is -2.27. The van der Waals surface area contributed by atoms with Gasteiger partial charge in [-0.3, -0.25) is 9.69 Å². The molecule has 1 heterocycles. The summed E-state index contributed by atoms with van der Waals surface area (Å²) >= 11 is 0. The number of ketones is 1. The Morgan fingerprint density at radius 2 is 1.61 bits per heavy atom. The number of hydrogen-bond donors (Lipinski definition) is 0. The lowest BCUT2D eigenvalue weighted by Crippen LogP contribution is -2.29. The molecule has 2 aromatic rings. The van der Waals surface area contributed by atoms with Gasteiger partial charge in [0.15, 0.2) is 5.78 Å². The first-order valence-corrected chi connectivity index (χ1v) is 8.57. The van der Waals surface area contributed by atoms with Crippen molar-refractivity contribution in [1.29, 1.82) is 0 Å². The Morgan fingerprint density at radius 1 is 0.957 bits per heavy atom. The zero-order chi connectivity index (χ0) is 16.2. The molecule has 23 heavy (non-hydrogen) atoms. The molecule has 1 aliphatic rings. The smallest absolute Gasteiger partial charge is 0.193 e. The molecule has 2 heteroatoms. The van der Waals surface area contributed by atoms with E-state index in [-0.39, 0.29) is 5.78 Å². The van der Waals surface area contributed by atoms with Gasteiger partial charge < -0.3 is 0 Å². The van der Waals surface area contributed by atoms with E-state index in [9.17, 15) is 4.79 Å². The van der Waals surface area contributed by atoms with Crippen molar-refractivity contribution in [2.45, 2.75) is 39.7 Å². The third kappa shape index (κ3) is 3.89. The van der Waals surface area contributed by atoms with E-state index in [2.05, 4.69) is 17.0 Å². The van der Waals surface area contributed by atoms with Crippen molar-refractivity contribution in [3.63, 3.8) is 0 Å². The highest BCUT2D eigenvalue weighted by molar-refractivity contribution is 6.10. The average Bonchev–Trinajstić information content (AvgIpc) is 2.55. The summed E-state index contributed by atoms with van der Waals surface area (Å²) in [7, 11) is 0. The summed E-state index contributed by atoms with van der Waals surface area (Å²) in [6, 6.07) is 14.2. The molecule has 1 saturated heterocycles. The molecule has 0 atom stereocenters. The van der Waals surface area contributed by atoms with Gasteiger partial charge in [-0.15, -0.1) is 0 Å². The van der Waals surface area contributed by atoms with Crippen LogP contribution in [0.1, 0.15) is 51.9 Å². The standard InChI is InChI=1S/C21H25NO/c1-16-12-17(2)14-19(13-16)21(23)20-9-5-4-8-18(20)15-22-10-6-3-7-11-22/h4-5,8-9,12-14H,3,6-7,10-11,15H2,1-2H3. The molecule has 2 aromatic carbocycles. The van der Waals surface area contributed by atoms with Crippen LogP contribution in [0.3, 0.4) is 0 Å². The molecule has 0 radical (unpaired) electrons. The highest BCUT2D eigenvalue weighted by atomic mass is 16.1. The molecular formula is C21H25NO. The van der Waals surface area contributed by atoms with Gasteiger partial charge >= 0.3 is 0 Å². The average molecular weight is 307 g/mol. The predicted molar refractivity (Wildman–Crippen MR) is 94.9 cm³/mol. The maximum absolute atomic E-state index is 13.0. The Bertz CT molecular complexity index is 678. The maximum atomic E-state index is 13.0. The fourth-order valence-electron chi connectivity index (χ4n) is 3.50. The van der Waals surface area contributed by atoms with E-state index in [0.29, 0.717) is 0 Å². The zero-order valence-electron chi connectivity index (χ0n) is 14.1. The number of likely N-dealkylation sites (tertiary alicyclic amines) is 1. The molecule has 1 aliphatic heterocycles. The topological polar surface area (TPSA) is 20.3 Å². The SMILES string of the molecule is Cc1cc(C)cc(C(=O)c2ccccc2CN2CCCCC2)c1. The highest BCUT2D eigenvalue weighted by Crippen LogP contribution is 2.20. The number of carbonyl (C=O) groups is 1. The van der Waals surface area contributed by atoms with Gasteiger partial charge in [-0.05, 0) is 57.5 Å². The summed E-state index contributed by atoms with van der Waals surface area (Å²) in [6.07, 6.45) is 3.88. The van der Waals surface area contributed by atoms with E-state index in [4.69, 9.17) is 0 Å². The molecular weight excluding hydrogens is 282 g/mol. The van der Waals surface area contributed by atoms with Crippen LogP contribution < -0.4 is 0 Å². The van der Waals surface area contributed by atoms with E-state index in [1.165, 1.54) is 19.3 Å². The van der Waals surface area contributed by atoms with Crippen LogP contribution in [-0.4, -0.2) is 23.8 Å². The van der Waals surface area contributed by atoms with Gasteiger partial charge in [0.1, 0.15) is 0 Å². The van der Waals surface area contributed by atoms with E-state index in [1.54, 1.807) is 0 Å². The minimum atomic E-state index is 0.143. The molecule has 0 spiro atoms. The van der Waals surface area contributed by atoms with Gasteiger partial charge in [0.05, 0.1) is 0 Å². The Labute approximate surface area is 139 Å². The zero-order valence-corrected chi connectivity index (χ0v) is 14.1. The van der Waals surface area contributed by atoms with Crippen molar-refractivity contribution in [2.24, 2.45) is 0 Å². The third-order valence-corrected chi connectivity index (χ3v) is 4.59. The summed E-state index contributed by atoms with van der Waals surface area (Å²) in [5, 5.41) is 0. The molecule has 0 unspecified atom stereocenters. The van der Waals surface area contributed by atoms with Crippen LogP contribution in [0.15, 0.2) is 42.5 Å².